The Bertz CT molecular complexity index is 286. The van der Waals surface area contributed by atoms with E-state index in [1.165, 1.54) is 84.1 Å². The van der Waals surface area contributed by atoms with Crippen molar-refractivity contribution in [2.75, 3.05) is 46.8 Å². The van der Waals surface area contributed by atoms with Crippen LogP contribution in [0.1, 0.15) is 58.3 Å². The van der Waals surface area contributed by atoms with E-state index in [1.807, 2.05) is 0 Å². The molecular weight excluding hydrogens is 258 g/mol. The summed E-state index contributed by atoms with van der Waals surface area (Å²) in [4.78, 5) is 5.19. The van der Waals surface area contributed by atoms with Crippen LogP contribution in [-0.4, -0.2) is 62.7 Å². The van der Waals surface area contributed by atoms with Crippen molar-refractivity contribution in [2.45, 2.75) is 64.3 Å². The highest BCUT2D eigenvalue weighted by Gasteiger charge is 2.33. The van der Waals surface area contributed by atoms with Crippen LogP contribution in [0.15, 0.2) is 0 Å². The molecule has 1 atom stereocenters. The molecule has 0 radical (unpaired) electrons. The average Bonchev–Trinajstić information content (AvgIpc) is 2.85. The minimum atomic E-state index is 0.541. The van der Waals surface area contributed by atoms with Crippen LogP contribution in [0, 0.1) is 5.41 Å². The summed E-state index contributed by atoms with van der Waals surface area (Å²) in [7, 11) is 4.65. The molecule has 0 aromatic heterocycles. The quantitative estimate of drug-likeness (QED) is 0.695. The second-order valence-corrected chi connectivity index (χ2v) is 7.71. The molecule has 0 aromatic carbocycles. The van der Waals surface area contributed by atoms with E-state index in [9.17, 15) is 0 Å². The second-order valence-electron chi connectivity index (χ2n) is 7.71. The zero-order valence-corrected chi connectivity index (χ0v) is 14.7. The molecule has 2 fully saturated rings. The Labute approximate surface area is 132 Å². The third-order valence-corrected chi connectivity index (χ3v) is 5.64. The van der Waals surface area contributed by atoms with Gasteiger partial charge in [-0.2, -0.15) is 0 Å². The van der Waals surface area contributed by atoms with E-state index in [1.54, 1.807) is 0 Å². The van der Waals surface area contributed by atoms with Crippen molar-refractivity contribution in [1.29, 1.82) is 0 Å². The van der Waals surface area contributed by atoms with Crippen LogP contribution in [-0.2, 0) is 0 Å². The second kappa shape index (κ2) is 8.50. The molecule has 2 aliphatic rings. The standard InChI is InChI=1S/C18H37N3/c1-4-12-19-15-18(10-6-5-7-11-18)16-20(2)14-17-9-8-13-21(17)3/h17,19H,4-16H2,1-3H3. The number of nitrogens with zero attached hydrogens (tertiary/aromatic N) is 2. The van der Waals surface area contributed by atoms with Gasteiger partial charge in [0, 0.05) is 25.7 Å². The Balaban J connectivity index is 1.84. The van der Waals surface area contributed by atoms with Gasteiger partial charge >= 0.3 is 0 Å². The van der Waals surface area contributed by atoms with E-state index >= 15 is 0 Å². The first-order chi connectivity index (χ1) is 10.2. The fourth-order valence-electron chi connectivity index (χ4n) is 4.43. The van der Waals surface area contributed by atoms with Crippen LogP contribution >= 0.6 is 0 Å². The first-order valence-corrected chi connectivity index (χ1v) is 9.25. The molecule has 2 rings (SSSR count). The van der Waals surface area contributed by atoms with Gasteiger partial charge in [0.2, 0.25) is 0 Å². The van der Waals surface area contributed by atoms with Gasteiger partial charge in [-0.15, -0.1) is 0 Å². The van der Waals surface area contributed by atoms with Gasteiger partial charge in [0.15, 0.2) is 0 Å². The van der Waals surface area contributed by atoms with Gasteiger partial charge in [0.1, 0.15) is 0 Å². The van der Waals surface area contributed by atoms with Crippen LogP contribution in [0.5, 0.6) is 0 Å². The third kappa shape index (κ3) is 5.22. The minimum absolute atomic E-state index is 0.541. The number of rotatable bonds is 8. The summed E-state index contributed by atoms with van der Waals surface area (Å²) in [6.07, 6.45) is 11.2. The maximum Gasteiger partial charge on any atom is 0.0220 e. The molecule has 3 heteroatoms. The molecule has 1 heterocycles. The topological polar surface area (TPSA) is 18.5 Å². The Kier molecular flexibility index (Phi) is 6.97. The van der Waals surface area contributed by atoms with Crippen LogP contribution < -0.4 is 5.32 Å². The van der Waals surface area contributed by atoms with Crippen molar-refractivity contribution in [3.8, 4) is 0 Å². The summed E-state index contributed by atoms with van der Waals surface area (Å²) in [5.74, 6) is 0. The number of likely N-dealkylation sites (tertiary alicyclic amines) is 1. The highest BCUT2D eigenvalue weighted by molar-refractivity contribution is 4.89. The highest BCUT2D eigenvalue weighted by Crippen LogP contribution is 2.36. The lowest BCUT2D eigenvalue weighted by Gasteiger charge is -2.41. The maximum absolute atomic E-state index is 3.72. The zero-order chi connectivity index (χ0) is 15.1. The first-order valence-electron chi connectivity index (χ1n) is 9.25. The van der Waals surface area contributed by atoms with Crippen molar-refractivity contribution < 1.29 is 0 Å². The largest absolute Gasteiger partial charge is 0.316 e. The molecule has 21 heavy (non-hydrogen) atoms. The van der Waals surface area contributed by atoms with Crippen LogP contribution in [0.25, 0.3) is 0 Å². The van der Waals surface area contributed by atoms with E-state index in [0.29, 0.717) is 5.41 Å². The average molecular weight is 296 g/mol. The van der Waals surface area contributed by atoms with Crippen molar-refractivity contribution in [2.24, 2.45) is 5.41 Å². The zero-order valence-electron chi connectivity index (χ0n) is 14.7. The smallest absolute Gasteiger partial charge is 0.0220 e. The van der Waals surface area contributed by atoms with Crippen molar-refractivity contribution in [1.82, 2.24) is 15.1 Å². The Morgan fingerprint density at radius 2 is 1.95 bits per heavy atom. The van der Waals surface area contributed by atoms with Gasteiger partial charge in [-0.25, -0.2) is 0 Å². The summed E-state index contributed by atoms with van der Waals surface area (Å²) < 4.78 is 0. The van der Waals surface area contributed by atoms with Crippen LogP contribution in [0.2, 0.25) is 0 Å². The third-order valence-electron chi connectivity index (χ3n) is 5.64. The van der Waals surface area contributed by atoms with Gasteiger partial charge in [-0.3, -0.25) is 0 Å². The van der Waals surface area contributed by atoms with Gasteiger partial charge in [-0.05, 0) is 64.7 Å². The lowest BCUT2D eigenvalue weighted by Crippen LogP contribution is -2.47. The van der Waals surface area contributed by atoms with Crippen molar-refractivity contribution in [3.63, 3.8) is 0 Å². The Morgan fingerprint density at radius 3 is 2.57 bits per heavy atom. The van der Waals surface area contributed by atoms with E-state index in [2.05, 4.69) is 36.1 Å². The fraction of sp³-hybridized carbons (Fsp3) is 1.00. The molecule has 0 bridgehead atoms. The summed E-state index contributed by atoms with van der Waals surface area (Å²) in [6.45, 7) is 8.51. The number of hydrogen-bond acceptors (Lipinski definition) is 3. The molecule has 0 aromatic rings. The number of likely N-dealkylation sites (N-methyl/N-ethyl adjacent to an activating group) is 2. The molecule has 1 unspecified atom stereocenters. The van der Waals surface area contributed by atoms with E-state index in [0.717, 1.165) is 6.04 Å². The molecule has 1 N–H and O–H groups in total. The lowest BCUT2D eigenvalue weighted by molar-refractivity contribution is 0.103. The highest BCUT2D eigenvalue weighted by atomic mass is 15.2. The molecule has 1 aliphatic heterocycles. The first kappa shape index (κ1) is 17.2. The Hall–Kier alpha value is -0.120. The maximum atomic E-state index is 3.72. The monoisotopic (exact) mass is 295 g/mol. The van der Waals surface area contributed by atoms with Crippen molar-refractivity contribution >= 4 is 0 Å². The molecule has 1 saturated carbocycles. The number of nitrogens with one attached hydrogen (secondary N) is 1. The molecule has 0 amide bonds. The summed E-state index contributed by atoms with van der Waals surface area (Å²) in [5, 5.41) is 3.72. The van der Waals surface area contributed by atoms with Crippen LogP contribution in [0.4, 0.5) is 0 Å². The van der Waals surface area contributed by atoms with Gasteiger partial charge in [0.25, 0.3) is 0 Å². The molecule has 124 valence electrons. The normalized spacial score (nSPS) is 26.6. The van der Waals surface area contributed by atoms with Crippen LogP contribution in [0.3, 0.4) is 0 Å². The van der Waals surface area contributed by atoms with E-state index in [4.69, 9.17) is 0 Å². The SMILES string of the molecule is CCCNCC1(CN(C)CC2CCCN2C)CCCCC1. The van der Waals surface area contributed by atoms with Gasteiger partial charge < -0.3 is 15.1 Å². The van der Waals surface area contributed by atoms with E-state index < -0.39 is 0 Å². The van der Waals surface area contributed by atoms with Crippen molar-refractivity contribution in [3.05, 3.63) is 0 Å². The summed E-state index contributed by atoms with van der Waals surface area (Å²) >= 11 is 0. The number of hydrogen-bond donors (Lipinski definition) is 1. The molecule has 3 nitrogen and oxygen atoms in total. The minimum Gasteiger partial charge on any atom is -0.316 e. The van der Waals surface area contributed by atoms with Gasteiger partial charge in [0.05, 0.1) is 0 Å². The van der Waals surface area contributed by atoms with E-state index in [-0.39, 0.29) is 0 Å². The molecular formula is C18H37N3. The predicted octanol–water partition coefficient (Wildman–Crippen LogP) is 2.96. The summed E-state index contributed by atoms with van der Waals surface area (Å²) in [5.41, 5.74) is 0.541. The molecule has 1 aliphatic carbocycles. The Morgan fingerprint density at radius 1 is 1.19 bits per heavy atom. The molecule has 0 spiro atoms. The molecule has 1 saturated heterocycles. The lowest BCUT2D eigenvalue weighted by atomic mass is 9.73. The fourth-order valence-corrected chi connectivity index (χ4v) is 4.43. The van der Waals surface area contributed by atoms with Gasteiger partial charge in [-0.1, -0.05) is 26.2 Å². The predicted molar refractivity (Wildman–Crippen MR) is 91.8 cm³/mol. The summed E-state index contributed by atoms with van der Waals surface area (Å²) in [6, 6.07) is 0.791.